The van der Waals surface area contributed by atoms with E-state index in [9.17, 15) is 4.79 Å². The number of hydrogen-bond donors (Lipinski definition) is 0. The molecule has 0 aliphatic carbocycles. The average Bonchev–Trinajstić information content (AvgIpc) is 3.08. The van der Waals surface area contributed by atoms with Gasteiger partial charge in [-0.2, -0.15) is 0 Å². The summed E-state index contributed by atoms with van der Waals surface area (Å²) in [5.41, 5.74) is 6.60. The molecule has 0 spiro atoms. The monoisotopic (exact) mass is 584 g/mol. The van der Waals surface area contributed by atoms with Gasteiger partial charge in [-0.25, -0.2) is 9.97 Å². The molecule has 0 fully saturated rings. The normalized spacial score (nSPS) is 10.9. The fourth-order valence-corrected chi connectivity index (χ4v) is 5.67. The highest BCUT2D eigenvalue weighted by Gasteiger charge is 2.17. The van der Waals surface area contributed by atoms with Crippen LogP contribution in [0, 0.1) is 0 Å². The van der Waals surface area contributed by atoms with E-state index in [1.807, 2.05) is 121 Å². The lowest BCUT2D eigenvalue weighted by Gasteiger charge is -2.10. The van der Waals surface area contributed by atoms with Crippen molar-refractivity contribution >= 4 is 29.3 Å². The third kappa shape index (κ3) is 6.59. The van der Waals surface area contributed by atoms with Crippen LogP contribution in [0.25, 0.3) is 45.0 Å². The number of carbonyl (C=O) groups is 1. The predicted octanol–water partition coefficient (Wildman–Crippen LogP) is 7.18. The van der Waals surface area contributed by atoms with E-state index in [0.717, 1.165) is 33.6 Å². The molecular formula is C33H24N6OS2. The van der Waals surface area contributed by atoms with Crippen LogP contribution >= 0.6 is 23.5 Å². The number of Topliss-reactive ketones (excluding diaryl/α,β-unsaturated/α-hetero) is 1. The molecule has 0 bridgehead atoms. The van der Waals surface area contributed by atoms with E-state index in [4.69, 9.17) is 9.97 Å². The third-order valence-electron chi connectivity index (χ3n) is 6.25. The molecule has 0 atom stereocenters. The van der Waals surface area contributed by atoms with Crippen LogP contribution in [0.2, 0.25) is 0 Å². The van der Waals surface area contributed by atoms with Crippen LogP contribution in [0.3, 0.4) is 0 Å². The first-order valence-electron chi connectivity index (χ1n) is 13.2. The van der Waals surface area contributed by atoms with Crippen molar-refractivity contribution in [3.63, 3.8) is 0 Å². The number of benzene rings is 4. The van der Waals surface area contributed by atoms with Crippen LogP contribution in [0.4, 0.5) is 0 Å². The Morgan fingerprint density at radius 3 is 1.07 bits per heavy atom. The number of aromatic nitrogens is 6. The van der Waals surface area contributed by atoms with Crippen LogP contribution < -0.4 is 0 Å². The standard InChI is InChI=1S/C33H24N6OS2/c40-27(21-41-32-34-28(23-13-5-1-6-14-23)30(36-38-32)25-17-9-3-10-18-25)22-42-33-35-29(24-15-7-2-8-16-24)31(37-39-33)26-19-11-4-12-20-26/h1-20H,21-22H2. The Balaban J connectivity index is 1.16. The molecule has 0 aliphatic rings. The first-order chi connectivity index (χ1) is 20.7. The van der Waals surface area contributed by atoms with Crippen molar-refractivity contribution in [2.75, 3.05) is 11.5 Å². The van der Waals surface area contributed by atoms with Gasteiger partial charge in [0.1, 0.15) is 22.8 Å². The zero-order valence-electron chi connectivity index (χ0n) is 22.4. The minimum absolute atomic E-state index is 0.0130. The number of thioether (sulfide) groups is 2. The van der Waals surface area contributed by atoms with E-state index < -0.39 is 0 Å². The van der Waals surface area contributed by atoms with Gasteiger partial charge in [-0.05, 0) is 0 Å². The number of carbonyl (C=O) groups excluding carboxylic acids is 1. The maximum atomic E-state index is 12.9. The average molecular weight is 585 g/mol. The zero-order valence-corrected chi connectivity index (χ0v) is 24.0. The lowest BCUT2D eigenvalue weighted by Crippen LogP contribution is -2.08. The summed E-state index contributed by atoms with van der Waals surface area (Å²) >= 11 is 2.54. The quantitative estimate of drug-likeness (QED) is 0.155. The zero-order chi connectivity index (χ0) is 28.6. The molecule has 9 heteroatoms. The van der Waals surface area contributed by atoms with Crippen LogP contribution in [-0.4, -0.2) is 47.7 Å². The van der Waals surface area contributed by atoms with E-state index in [0.29, 0.717) is 21.7 Å². The highest BCUT2D eigenvalue weighted by Crippen LogP contribution is 2.31. The van der Waals surface area contributed by atoms with Gasteiger partial charge in [0.05, 0.1) is 11.5 Å². The topological polar surface area (TPSA) is 94.4 Å². The molecule has 0 saturated carbocycles. The molecule has 0 amide bonds. The van der Waals surface area contributed by atoms with Crippen molar-refractivity contribution in [2.24, 2.45) is 0 Å². The Bertz CT molecular complexity index is 1660. The SMILES string of the molecule is O=C(CSc1nnc(-c2ccccc2)c(-c2ccccc2)n1)CSc1nnc(-c2ccccc2)c(-c2ccccc2)n1. The summed E-state index contributed by atoms with van der Waals surface area (Å²) in [5.74, 6) is 0.419. The van der Waals surface area contributed by atoms with Crippen molar-refractivity contribution in [1.82, 2.24) is 30.4 Å². The Labute approximate surface area is 251 Å². The molecule has 7 nitrogen and oxygen atoms in total. The van der Waals surface area contributed by atoms with Crippen molar-refractivity contribution in [2.45, 2.75) is 10.3 Å². The Hall–Kier alpha value is -4.73. The maximum absolute atomic E-state index is 12.9. The van der Waals surface area contributed by atoms with Crippen molar-refractivity contribution in [3.05, 3.63) is 121 Å². The second kappa shape index (κ2) is 13.3. The second-order valence-electron chi connectivity index (χ2n) is 9.16. The van der Waals surface area contributed by atoms with Gasteiger partial charge in [-0.15, -0.1) is 20.4 Å². The number of hydrogen-bond acceptors (Lipinski definition) is 9. The molecule has 6 aromatic rings. The van der Waals surface area contributed by atoms with Crippen LogP contribution in [-0.2, 0) is 4.79 Å². The molecule has 6 rings (SSSR count). The van der Waals surface area contributed by atoms with Gasteiger partial charge in [0, 0.05) is 22.3 Å². The van der Waals surface area contributed by atoms with Gasteiger partial charge < -0.3 is 0 Å². The summed E-state index contributed by atoms with van der Waals surface area (Å²) in [5, 5.41) is 18.5. The van der Waals surface area contributed by atoms with Gasteiger partial charge in [0.25, 0.3) is 0 Å². The molecule has 0 aliphatic heterocycles. The van der Waals surface area contributed by atoms with Crippen molar-refractivity contribution < 1.29 is 4.79 Å². The van der Waals surface area contributed by atoms with E-state index in [2.05, 4.69) is 20.4 Å². The molecule has 0 saturated heterocycles. The first kappa shape index (κ1) is 27.4. The Morgan fingerprint density at radius 2 is 0.738 bits per heavy atom. The lowest BCUT2D eigenvalue weighted by molar-refractivity contribution is -0.114. The summed E-state index contributed by atoms with van der Waals surface area (Å²) in [7, 11) is 0. The van der Waals surface area contributed by atoms with Gasteiger partial charge in [0.2, 0.25) is 10.3 Å². The Kier molecular flexibility index (Phi) is 8.68. The summed E-state index contributed by atoms with van der Waals surface area (Å²) < 4.78 is 0. The highest BCUT2D eigenvalue weighted by molar-refractivity contribution is 8.01. The number of ketones is 1. The van der Waals surface area contributed by atoms with Gasteiger partial charge >= 0.3 is 0 Å². The molecule has 2 heterocycles. The minimum Gasteiger partial charge on any atom is -0.298 e. The van der Waals surface area contributed by atoms with Crippen LogP contribution in [0.1, 0.15) is 0 Å². The van der Waals surface area contributed by atoms with Gasteiger partial charge in [-0.1, -0.05) is 145 Å². The molecular weight excluding hydrogens is 561 g/mol. The van der Waals surface area contributed by atoms with Crippen LogP contribution in [0.5, 0.6) is 0 Å². The van der Waals surface area contributed by atoms with E-state index >= 15 is 0 Å². The largest absolute Gasteiger partial charge is 0.298 e. The van der Waals surface area contributed by atoms with Crippen molar-refractivity contribution in [1.29, 1.82) is 0 Å². The number of nitrogens with zero attached hydrogens (tertiary/aromatic N) is 6. The van der Waals surface area contributed by atoms with Gasteiger partial charge in [0.15, 0.2) is 5.78 Å². The molecule has 0 radical (unpaired) electrons. The molecule has 0 unspecified atom stereocenters. The molecule has 204 valence electrons. The van der Waals surface area contributed by atoms with E-state index in [-0.39, 0.29) is 17.3 Å². The molecule has 0 N–H and O–H groups in total. The summed E-state index contributed by atoms with van der Waals surface area (Å²) in [6.07, 6.45) is 0. The lowest BCUT2D eigenvalue weighted by atomic mass is 10.0. The summed E-state index contributed by atoms with van der Waals surface area (Å²) in [4.78, 5) is 22.5. The van der Waals surface area contributed by atoms with E-state index in [1.165, 1.54) is 23.5 Å². The maximum Gasteiger partial charge on any atom is 0.210 e. The molecule has 2 aromatic heterocycles. The van der Waals surface area contributed by atoms with Crippen molar-refractivity contribution in [3.8, 4) is 45.0 Å². The predicted molar refractivity (Wildman–Crippen MR) is 168 cm³/mol. The minimum atomic E-state index is 0.0130. The van der Waals surface area contributed by atoms with E-state index in [1.54, 1.807) is 0 Å². The molecule has 42 heavy (non-hydrogen) atoms. The Morgan fingerprint density at radius 1 is 0.429 bits per heavy atom. The first-order valence-corrected chi connectivity index (χ1v) is 15.2. The summed E-state index contributed by atoms with van der Waals surface area (Å²) in [6.45, 7) is 0. The fraction of sp³-hybridized carbons (Fsp3) is 0.0606. The van der Waals surface area contributed by atoms with Crippen LogP contribution in [0.15, 0.2) is 132 Å². The second-order valence-corrected chi connectivity index (χ2v) is 11.0. The smallest absolute Gasteiger partial charge is 0.210 e. The molecule has 4 aromatic carbocycles. The summed E-state index contributed by atoms with van der Waals surface area (Å²) in [6, 6.07) is 39.5. The highest BCUT2D eigenvalue weighted by atomic mass is 32.2. The third-order valence-corrected chi connectivity index (χ3v) is 8.04. The van der Waals surface area contributed by atoms with Gasteiger partial charge in [-0.3, -0.25) is 4.79 Å². The fourth-order valence-electron chi connectivity index (χ4n) is 4.25. The number of rotatable bonds is 10.